The van der Waals surface area contributed by atoms with Crippen LogP contribution >= 0.6 is 11.3 Å². The highest BCUT2D eigenvalue weighted by Crippen LogP contribution is 2.22. The molecule has 2 N–H and O–H groups in total. The molecule has 4 nitrogen and oxygen atoms in total. The Hall–Kier alpha value is -1.01. The van der Waals surface area contributed by atoms with Crippen molar-refractivity contribution in [2.75, 3.05) is 19.8 Å². The van der Waals surface area contributed by atoms with Gasteiger partial charge in [0.1, 0.15) is 5.01 Å². The lowest BCUT2D eigenvalue weighted by molar-refractivity contribution is -0.0616. The summed E-state index contributed by atoms with van der Waals surface area (Å²) in [5.41, 5.74) is 0.434. The van der Waals surface area contributed by atoms with Crippen LogP contribution in [0.4, 0.5) is 0 Å². The zero-order chi connectivity index (χ0) is 13.1. The highest BCUT2D eigenvalue weighted by atomic mass is 32.1. The van der Waals surface area contributed by atoms with Gasteiger partial charge in [0.05, 0.1) is 15.8 Å². The van der Waals surface area contributed by atoms with Crippen LogP contribution in [0.15, 0.2) is 24.3 Å². The van der Waals surface area contributed by atoms with Crippen molar-refractivity contribution in [3.63, 3.8) is 0 Å². The van der Waals surface area contributed by atoms with Crippen LogP contribution in [0.3, 0.4) is 0 Å². The molecule has 0 aliphatic carbocycles. The predicted octanol–water partition coefficient (Wildman–Crippen LogP) is 1.93. The second kappa shape index (κ2) is 5.54. The summed E-state index contributed by atoms with van der Waals surface area (Å²) in [5, 5.41) is 14.7. The molecule has 1 aromatic heterocycles. The Balaban J connectivity index is 1.57. The lowest BCUT2D eigenvalue weighted by atomic mass is 9.94. The molecule has 0 atom stereocenters. The van der Waals surface area contributed by atoms with Gasteiger partial charge in [-0.05, 0) is 12.1 Å². The smallest absolute Gasteiger partial charge is 0.108 e. The van der Waals surface area contributed by atoms with Gasteiger partial charge in [-0.15, -0.1) is 11.3 Å². The van der Waals surface area contributed by atoms with Crippen molar-refractivity contribution >= 4 is 21.6 Å². The molecule has 1 aliphatic heterocycles. The summed E-state index contributed by atoms with van der Waals surface area (Å²) in [7, 11) is 0. The Labute approximate surface area is 116 Å². The quantitative estimate of drug-likeness (QED) is 0.897. The third-order valence-electron chi connectivity index (χ3n) is 3.49. The number of hydrogen-bond acceptors (Lipinski definition) is 5. The first-order valence-electron chi connectivity index (χ1n) is 6.61. The van der Waals surface area contributed by atoms with Crippen molar-refractivity contribution in [3.8, 4) is 0 Å². The van der Waals surface area contributed by atoms with Gasteiger partial charge in [-0.3, -0.25) is 0 Å². The number of aliphatic hydroxyl groups is 1. The first kappa shape index (κ1) is 13.0. The summed E-state index contributed by atoms with van der Waals surface area (Å²) in [5.74, 6) is 0. The van der Waals surface area contributed by atoms with E-state index in [0.717, 1.165) is 10.5 Å². The zero-order valence-electron chi connectivity index (χ0n) is 10.8. The van der Waals surface area contributed by atoms with E-state index in [1.54, 1.807) is 11.3 Å². The molecule has 1 saturated heterocycles. The topological polar surface area (TPSA) is 54.4 Å². The number of nitrogens with zero attached hydrogens (tertiary/aromatic N) is 1. The fourth-order valence-electron chi connectivity index (χ4n) is 2.33. The number of nitrogens with one attached hydrogen (secondary N) is 1. The first-order chi connectivity index (χ1) is 9.25. The Bertz CT molecular complexity index is 516. The molecule has 2 heterocycles. The van der Waals surface area contributed by atoms with E-state index < -0.39 is 5.60 Å². The van der Waals surface area contributed by atoms with Gasteiger partial charge in [-0.1, -0.05) is 12.1 Å². The average molecular weight is 278 g/mol. The molecule has 3 rings (SSSR count). The Morgan fingerprint density at radius 1 is 1.32 bits per heavy atom. The summed E-state index contributed by atoms with van der Waals surface area (Å²) in [6.07, 6.45) is 1.42. The van der Waals surface area contributed by atoms with Crippen molar-refractivity contribution in [2.45, 2.75) is 25.0 Å². The molecule has 0 radical (unpaired) electrons. The summed E-state index contributed by atoms with van der Waals surface area (Å²) in [6, 6.07) is 8.15. The summed E-state index contributed by atoms with van der Waals surface area (Å²) >= 11 is 1.70. The maximum absolute atomic E-state index is 10.3. The van der Waals surface area contributed by atoms with Crippen molar-refractivity contribution in [2.24, 2.45) is 0 Å². The van der Waals surface area contributed by atoms with E-state index in [1.807, 2.05) is 18.2 Å². The minimum Gasteiger partial charge on any atom is -0.388 e. The molecule has 0 spiro atoms. The number of fused-ring (bicyclic) bond motifs is 1. The minimum atomic E-state index is -0.616. The number of thiazole rings is 1. The van der Waals surface area contributed by atoms with E-state index in [0.29, 0.717) is 39.1 Å². The second-order valence-electron chi connectivity index (χ2n) is 5.02. The largest absolute Gasteiger partial charge is 0.388 e. The highest BCUT2D eigenvalue weighted by molar-refractivity contribution is 7.18. The predicted molar refractivity (Wildman–Crippen MR) is 76.3 cm³/mol. The van der Waals surface area contributed by atoms with Crippen molar-refractivity contribution in [1.82, 2.24) is 10.3 Å². The lowest BCUT2D eigenvalue weighted by Crippen LogP contribution is -2.44. The van der Waals surface area contributed by atoms with E-state index in [1.165, 1.54) is 4.70 Å². The molecule has 0 amide bonds. The Morgan fingerprint density at radius 2 is 2.11 bits per heavy atom. The van der Waals surface area contributed by atoms with Crippen LogP contribution in [0.5, 0.6) is 0 Å². The molecule has 0 saturated carbocycles. The van der Waals surface area contributed by atoms with Crippen molar-refractivity contribution < 1.29 is 9.84 Å². The molecular formula is C14H18N2O2S. The van der Waals surface area contributed by atoms with Gasteiger partial charge in [0.2, 0.25) is 0 Å². The fraction of sp³-hybridized carbons (Fsp3) is 0.500. The van der Waals surface area contributed by atoms with E-state index >= 15 is 0 Å². The molecule has 1 fully saturated rings. The van der Waals surface area contributed by atoms with Gasteiger partial charge in [-0.2, -0.15) is 0 Å². The maximum atomic E-state index is 10.3. The first-order valence-corrected chi connectivity index (χ1v) is 7.42. The van der Waals surface area contributed by atoms with Crippen molar-refractivity contribution in [3.05, 3.63) is 29.3 Å². The average Bonchev–Trinajstić information content (AvgIpc) is 2.82. The van der Waals surface area contributed by atoms with Crippen LogP contribution < -0.4 is 5.32 Å². The van der Waals surface area contributed by atoms with Crippen LogP contribution in [0, 0.1) is 0 Å². The molecule has 1 aromatic carbocycles. The molecule has 2 aromatic rings. The highest BCUT2D eigenvalue weighted by Gasteiger charge is 2.29. The number of rotatable bonds is 4. The molecule has 102 valence electrons. The van der Waals surface area contributed by atoms with Crippen LogP contribution in [0.2, 0.25) is 0 Å². The molecule has 19 heavy (non-hydrogen) atoms. The number of hydrogen-bond donors (Lipinski definition) is 2. The van der Waals surface area contributed by atoms with E-state index in [9.17, 15) is 5.11 Å². The van der Waals surface area contributed by atoms with Gasteiger partial charge >= 0.3 is 0 Å². The number of ether oxygens (including phenoxy) is 1. The molecule has 1 aliphatic rings. The van der Waals surface area contributed by atoms with Crippen LogP contribution in [0.25, 0.3) is 10.2 Å². The number of para-hydroxylation sites is 1. The normalized spacial score (nSPS) is 18.8. The second-order valence-corrected chi connectivity index (χ2v) is 6.13. The van der Waals surface area contributed by atoms with Crippen LogP contribution in [0.1, 0.15) is 17.8 Å². The van der Waals surface area contributed by atoms with Crippen LogP contribution in [-0.4, -0.2) is 35.5 Å². The lowest BCUT2D eigenvalue weighted by Gasteiger charge is -2.32. The third-order valence-corrected chi connectivity index (χ3v) is 4.53. The van der Waals surface area contributed by atoms with Gasteiger partial charge in [-0.25, -0.2) is 4.98 Å². The van der Waals surface area contributed by atoms with Crippen molar-refractivity contribution in [1.29, 1.82) is 0 Å². The van der Waals surface area contributed by atoms with E-state index in [2.05, 4.69) is 16.4 Å². The van der Waals surface area contributed by atoms with Crippen LogP contribution in [-0.2, 0) is 11.3 Å². The molecule has 0 bridgehead atoms. The number of aromatic nitrogens is 1. The monoisotopic (exact) mass is 278 g/mol. The van der Waals surface area contributed by atoms with Gasteiger partial charge < -0.3 is 15.2 Å². The fourth-order valence-corrected chi connectivity index (χ4v) is 3.26. The zero-order valence-corrected chi connectivity index (χ0v) is 11.6. The number of benzene rings is 1. The molecular weight excluding hydrogens is 260 g/mol. The van der Waals surface area contributed by atoms with E-state index in [4.69, 9.17) is 4.74 Å². The summed E-state index contributed by atoms with van der Waals surface area (Å²) in [4.78, 5) is 4.57. The third kappa shape index (κ3) is 3.12. The Morgan fingerprint density at radius 3 is 2.89 bits per heavy atom. The summed E-state index contributed by atoms with van der Waals surface area (Å²) < 4.78 is 6.48. The van der Waals surface area contributed by atoms with Gasteiger partial charge in [0.25, 0.3) is 0 Å². The standard InChI is InChI=1S/C14H18N2O2S/c17-14(5-7-18-8-6-14)10-15-9-13-16-11-3-1-2-4-12(11)19-13/h1-4,15,17H,5-10H2. The van der Waals surface area contributed by atoms with Gasteiger partial charge in [0.15, 0.2) is 0 Å². The Kier molecular flexibility index (Phi) is 3.79. The SMILES string of the molecule is OC1(CNCc2nc3ccccc3s2)CCOCC1. The van der Waals surface area contributed by atoms with Gasteiger partial charge in [0, 0.05) is 39.1 Å². The maximum Gasteiger partial charge on any atom is 0.108 e. The summed E-state index contributed by atoms with van der Waals surface area (Å²) in [6.45, 7) is 2.62. The minimum absolute atomic E-state index is 0.603. The molecule has 0 unspecified atom stereocenters. The van der Waals surface area contributed by atoms with E-state index in [-0.39, 0.29) is 0 Å². The molecule has 5 heteroatoms.